The molecule has 0 fully saturated rings. The van der Waals surface area contributed by atoms with Gasteiger partial charge < -0.3 is 9.84 Å². The van der Waals surface area contributed by atoms with Crippen LogP contribution in [0.2, 0.25) is 10.0 Å². The number of Topliss-reactive ketones (excluding diaryl/α,β-unsaturated/α-hetero) is 1. The molecule has 6 heteroatoms. The highest BCUT2D eigenvalue weighted by Gasteiger charge is 2.29. The number of carboxylic acids is 1. The van der Waals surface area contributed by atoms with E-state index in [2.05, 4.69) is 0 Å². The Kier molecular flexibility index (Phi) is 4.06. The van der Waals surface area contributed by atoms with Crippen LogP contribution < -0.4 is 4.74 Å². The average molecular weight is 315 g/mol. The van der Waals surface area contributed by atoms with Crippen LogP contribution in [0.25, 0.3) is 6.08 Å². The zero-order valence-corrected chi connectivity index (χ0v) is 12.4. The van der Waals surface area contributed by atoms with E-state index in [0.717, 1.165) is 0 Å². The fourth-order valence-electron chi connectivity index (χ4n) is 2.02. The van der Waals surface area contributed by atoms with Gasteiger partial charge in [0, 0.05) is 11.1 Å². The minimum atomic E-state index is -1.12. The largest absolute Gasteiger partial charge is 0.480 e. The summed E-state index contributed by atoms with van der Waals surface area (Å²) in [5.74, 6) is -1.04. The van der Waals surface area contributed by atoms with Gasteiger partial charge in [0.05, 0.1) is 5.02 Å². The Morgan fingerprint density at radius 1 is 1.35 bits per heavy atom. The van der Waals surface area contributed by atoms with Crippen LogP contribution in [-0.4, -0.2) is 23.5 Å². The maximum atomic E-state index is 12.2. The van der Waals surface area contributed by atoms with Crippen LogP contribution in [0.4, 0.5) is 0 Å². The van der Waals surface area contributed by atoms with Crippen molar-refractivity contribution in [1.82, 2.24) is 0 Å². The fraction of sp³-hybridized carbons (Fsp3) is 0.286. The SMILES string of the molecule is CC(C)C1=Cc2cc(OCC(=O)O)c(Cl)c(Cl)c2C1=O. The van der Waals surface area contributed by atoms with Gasteiger partial charge in [-0.25, -0.2) is 4.79 Å². The average Bonchev–Trinajstić information content (AvgIpc) is 2.69. The summed E-state index contributed by atoms with van der Waals surface area (Å²) >= 11 is 12.1. The predicted octanol–water partition coefficient (Wildman–Crippen LogP) is 3.69. The molecule has 106 valence electrons. The van der Waals surface area contributed by atoms with Crippen molar-refractivity contribution < 1.29 is 19.4 Å². The number of carboxylic acid groups (broad SMARTS) is 1. The molecule has 0 spiro atoms. The van der Waals surface area contributed by atoms with E-state index in [-0.39, 0.29) is 27.5 Å². The second-order valence-corrected chi connectivity index (χ2v) is 5.49. The number of rotatable bonds is 4. The molecule has 0 aliphatic heterocycles. The molecule has 0 amide bonds. The Bertz CT molecular complexity index is 633. The molecule has 0 heterocycles. The van der Waals surface area contributed by atoms with Crippen LogP contribution in [0.3, 0.4) is 0 Å². The normalized spacial score (nSPS) is 13.4. The lowest BCUT2D eigenvalue weighted by atomic mass is 10.00. The Labute approximate surface area is 125 Å². The van der Waals surface area contributed by atoms with Gasteiger partial charge in [0.15, 0.2) is 12.4 Å². The zero-order valence-electron chi connectivity index (χ0n) is 10.9. The van der Waals surface area contributed by atoms with Crippen molar-refractivity contribution in [3.05, 3.63) is 32.8 Å². The van der Waals surface area contributed by atoms with Gasteiger partial charge in [-0.1, -0.05) is 37.0 Å². The number of hydrogen-bond donors (Lipinski definition) is 1. The smallest absolute Gasteiger partial charge is 0.341 e. The van der Waals surface area contributed by atoms with E-state index in [9.17, 15) is 9.59 Å². The summed E-state index contributed by atoms with van der Waals surface area (Å²) in [5, 5.41) is 8.77. The van der Waals surface area contributed by atoms with Crippen LogP contribution in [0, 0.1) is 5.92 Å². The molecule has 0 radical (unpaired) electrons. The molecule has 0 unspecified atom stereocenters. The summed E-state index contributed by atoms with van der Waals surface area (Å²) in [6.07, 6.45) is 1.73. The minimum Gasteiger partial charge on any atom is -0.480 e. The third-order valence-corrected chi connectivity index (χ3v) is 3.83. The van der Waals surface area contributed by atoms with Gasteiger partial charge in [0.2, 0.25) is 0 Å². The second-order valence-electron chi connectivity index (χ2n) is 4.73. The van der Waals surface area contributed by atoms with Crippen LogP contribution in [0.15, 0.2) is 11.6 Å². The van der Waals surface area contributed by atoms with E-state index in [4.69, 9.17) is 33.0 Å². The van der Waals surface area contributed by atoms with Crippen molar-refractivity contribution in [3.63, 3.8) is 0 Å². The summed E-state index contributed by atoms with van der Waals surface area (Å²) < 4.78 is 5.08. The van der Waals surface area contributed by atoms with Crippen LogP contribution in [-0.2, 0) is 4.79 Å². The van der Waals surface area contributed by atoms with Gasteiger partial charge >= 0.3 is 5.97 Å². The number of fused-ring (bicyclic) bond motifs is 1. The highest BCUT2D eigenvalue weighted by atomic mass is 35.5. The van der Waals surface area contributed by atoms with Gasteiger partial charge in [0.1, 0.15) is 10.8 Å². The van der Waals surface area contributed by atoms with Gasteiger partial charge in [-0.2, -0.15) is 0 Å². The van der Waals surface area contributed by atoms with Gasteiger partial charge in [0.25, 0.3) is 0 Å². The van der Waals surface area contributed by atoms with Crippen molar-refractivity contribution in [3.8, 4) is 5.75 Å². The fourth-order valence-corrected chi connectivity index (χ4v) is 2.51. The molecule has 4 nitrogen and oxygen atoms in total. The first-order valence-corrected chi connectivity index (χ1v) is 6.71. The molecular weight excluding hydrogens is 303 g/mol. The van der Waals surface area contributed by atoms with Gasteiger partial charge in [-0.3, -0.25) is 4.79 Å². The van der Waals surface area contributed by atoms with Crippen molar-refractivity contribution in [2.45, 2.75) is 13.8 Å². The number of benzene rings is 1. The second kappa shape index (κ2) is 5.46. The quantitative estimate of drug-likeness (QED) is 0.920. The first-order valence-electron chi connectivity index (χ1n) is 5.95. The number of carbonyl (C=O) groups excluding carboxylic acids is 1. The lowest BCUT2D eigenvalue weighted by Gasteiger charge is -2.10. The highest BCUT2D eigenvalue weighted by molar-refractivity contribution is 6.46. The van der Waals surface area contributed by atoms with Crippen molar-refractivity contribution >= 4 is 41.0 Å². The summed E-state index contributed by atoms with van der Waals surface area (Å²) in [5.41, 5.74) is 1.60. The van der Waals surface area contributed by atoms with E-state index in [1.807, 2.05) is 13.8 Å². The molecular formula is C14H12Cl2O4. The summed E-state index contributed by atoms with van der Waals surface area (Å²) in [7, 11) is 0. The van der Waals surface area contributed by atoms with Gasteiger partial charge in [-0.15, -0.1) is 0 Å². The van der Waals surface area contributed by atoms with E-state index < -0.39 is 12.6 Å². The molecule has 0 bridgehead atoms. The number of halogens is 2. The first kappa shape index (κ1) is 14.9. The number of ketones is 1. The van der Waals surface area contributed by atoms with Gasteiger partial charge in [-0.05, 0) is 23.6 Å². The molecule has 1 aliphatic carbocycles. The maximum absolute atomic E-state index is 12.2. The zero-order chi connectivity index (χ0) is 15.0. The molecule has 1 N–H and O–H groups in total. The van der Waals surface area contributed by atoms with Crippen molar-refractivity contribution in [2.75, 3.05) is 6.61 Å². The molecule has 0 saturated carbocycles. The van der Waals surface area contributed by atoms with Crippen molar-refractivity contribution in [2.24, 2.45) is 5.92 Å². The van der Waals surface area contributed by atoms with E-state index in [1.165, 1.54) is 0 Å². The van der Waals surface area contributed by atoms with Crippen molar-refractivity contribution in [1.29, 1.82) is 0 Å². The van der Waals surface area contributed by atoms with Crippen LogP contribution in [0.1, 0.15) is 29.8 Å². The molecule has 1 aromatic rings. The summed E-state index contributed by atoms with van der Waals surface area (Å²) in [4.78, 5) is 22.8. The predicted molar refractivity (Wildman–Crippen MR) is 76.7 cm³/mol. The monoisotopic (exact) mass is 314 g/mol. The Balaban J connectivity index is 2.47. The molecule has 2 rings (SSSR count). The molecule has 0 aromatic heterocycles. The molecule has 1 aromatic carbocycles. The lowest BCUT2D eigenvalue weighted by Crippen LogP contribution is -2.10. The van der Waals surface area contributed by atoms with Crippen LogP contribution in [0.5, 0.6) is 5.75 Å². The molecule has 0 saturated heterocycles. The minimum absolute atomic E-state index is 0.0541. The third-order valence-electron chi connectivity index (χ3n) is 2.98. The van der Waals surface area contributed by atoms with E-state index >= 15 is 0 Å². The van der Waals surface area contributed by atoms with E-state index in [1.54, 1.807) is 12.1 Å². The Morgan fingerprint density at radius 2 is 2.00 bits per heavy atom. The van der Waals surface area contributed by atoms with Crippen LogP contribution >= 0.6 is 23.2 Å². The topological polar surface area (TPSA) is 63.6 Å². The number of ether oxygens (including phenoxy) is 1. The summed E-state index contributed by atoms with van der Waals surface area (Å²) in [6, 6.07) is 1.54. The maximum Gasteiger partial charge on any atom is 0.341 e. The number of hydrogen-bond acceptors (Lipinski definition) is 3. The molecule has 1 aliphatic rings. The molecule has 20 heavy (non-hydrogen) atoms. The number of carbonyl (C=O) groups is 2. The standard InChI is InChI=1S/C14H12Cl2O4/c1-6(2)8-3-7-4-9(20-5-10(17)18)12(15)13(16)11(7)14(8)19/h3-4,6H,5H2,1-2H3,(H,17,18). The molecule has 0 atom stereocenters. The Hall–Kier alpha value is -1.52. The number of allylic oxidation sites excluding steroid dienone is 1. The lowest BCUT2D eigenvalue weighted by molar-refractivity contribution is -0.139. The number of aliphatic carboxylic acids is 1. The van der Waals surface area contributed by atoms with E-state index in [0.29, 0.717) is 16.7 Å². The highest BCUT2D eigenvalue weighted by Crippen LogP contribution is 2.42. The first-order chi connectivity index (χ1) is 9.32. The third kappa shape index (κ3) is 2.53. The Morgan fingerprint density at radius 3 is 2.55 bits per heavy atom. The summed E-state index contributed by atoms with van der Waals surface area (Å²) in [6.45, 7) is 3.30.